The molecule has 3 fully saturated rings. The third-order valence-electron chi connectivity index (χ3n) is 6.19. The van der Waals surface area contributed by atoms with Crippen LogP contribution in [0, 0.1) is 0 Å². The summed E-state index contributed by atoms with van der Waals surface area (Å²) in [5.74, 6) is 0.748. The van der Waals surface area contributed by atoms with Crippen LogP contribution < -0.4 is 5.32 Å². The number of hydrogen-bond donors (Lipinski definition) is 2. The molecule has 1 aromatic carbocycles. The average molecular weight is 388 g/mol. The molecule has 7 heteroatoms. The number of amides is 1. The van der Waals surface area contributed by atoms with Crippen molar-refractivity contribution in [1.82, 2.24) is 14.6 Å². The molecule has 3 aliphatic rings. The lowest BCUT2D eigenvalue weighted by atomic mass is 9.98. The van der Waals surface area contributed by atoms with Crippen LogP contribution in [0.3, 0.4) is 0 Å². The summed E-state index contributed by atoms with van der Waals surface area (Å²) in [6.45, 7) is -0.250. The molecule has 27 heavy (non-hydrogen) atoms. The van der Waals surface area contributed by atoms with Crippen molar-refractivity contribution in [1.29, 1.82) is 0 Å². The lowest BCUT2D eigenvalue weighted by Gasteiger charge is -2.36. The third kappa shape index (κ3) is 3.71. The summed E-state index contributed by atoms with van der Waals surface area (Å²) in [5, 5.41) is 11.2. The SMILES string of the molecule is CN1C2CCC1CC(NC(=O)c1nsc3cc(C4CC4)ccc13)C2.O=CO. The number of carbonyl (C=O) groups excluding carboxylic acids is 1. The maximum absolute atomic E-state index is 12.8. The summed E-state index contributed by atoms with van der Waals surface area (Å²) in [6.07, 6.45) is 7.31. The molecular formula is C20H25N3O3S. The second kappa shape index (κ2) is 7.56. The van der Waals surface area contributed by atoms with Gasteiger partial charge in [0.15, 0.2) is 0 Å². The molecule has 2 unspecified atom stereocenters. The van der Waals surface area contributed by atoms with Crippen molar-refractivity contribution in [3.05, 3.63) is 29.5 Å². The van der Waals surface area contributed by atoms with Crippen molar-refractivity contribution in [3.8, 4) is 0 Å². The largest absolute Gasteiger partial charge is 0.483 e. The number of aromatic nitrogens is 1. The molecule has 2 atom stereocenters. The van der Waals surface area contributed by atoms with Gasteiger partial charge in [0, 0.05) is 23.5 Å². The predicted octanol–water partition coefficient (Wildman–Crippen LogP) is 3.23. The molecule has 1 aliphatic carbocycles. The molecule has 1 amide bonds. The van der Waals surface area contributed by atoms with E-state index in [-0.39, 0.29) is 12.4 Å². The zero-order chi connectivity index (χ0) is 19.0. The van der Waals surface area contributed by atoms with Gasteiger partial charge in [-0.15, -0.1) is 0 Å². The highest BCUT2D eigenvalue weighted by atomic mass is 32.1. The smallest absolute Gasteiger partial charge is 0.290 e. The van der Waals surface area contributed by atoms with Crippen LogP contribution in [0.4, 0.5) is 0 Å². The Balaban J connectivity index is 0.000000565. The number of carbonyl (C=O) groups is 2. The lowest BCUT2D eigenvalue weighted by molar-refractivity contribution is -0.122. The number of nitrogens with zero attached hydrogens (tertiary/aromatic N) is 2. The summed E-state index contributed by atoms with van der Waals surface area (Å²) >= 11 is 1.46. The van der Waals surface area contributed by atoms with Gasteiger partial charge in [0.1, 0.15) is 5.69 Å². The van der Waals surface area contributed by atoms with Crippen molar-refractivity contribution in [2.75, 3.05) is 7.05 Å². The van der Waals surface area contributed by atoms with Crippen LogP contribution in [0.5, 0.6) is 0 Å². The van der Waals surface area contributed by atoms with Gasteiger partial charge in [-0.05, 0) is 74.7 Å². The first-order valence-electron chi connectivity index (χ1n) is 9.60. The van der Waals surface area contributed by atoms with Crippen LogP contribution in [0.25, 0.3) is 10.1 Å². The molecule has 2 bridgehead atoms. The molecular weight excluding hydrogens is 362 g/mol. The standard InChI is InChI=1S/C19H23N3OS.CH2O2/c1-22-14-5-6-15(22)10-13(9-14)20-19(23)18-16-7-4-12(11-2-3-11)8-17(16)24-21-18;2-1-3/h4,7-8,11,13-15H,2-3,5-6,9-10H2,1H3,(H,20,23);1H,(H,2,3). The van der Waals surface area contributed by atoms with E-state index in [4.69, 9.17) is 9.90 Å². The van der Waals surface area contributed by atoms with Crippen LogP contribution in [0.15, 0.2) is 18.2 Å². The summed E-state index contributed by atoms with van der Waals surface area (Å²) in [4.78, 5) is 23.6. The number of nitrogens with one attached hydrogen (secondary N) is 1. The molecule has 1 aromatic heterocycles. The Morgan fingerprint density at radius 3 is 2.56 bits per heavy atom. The van der Waals surface area contributed by atoms with Crippen molar-refractivity contribution in [3.63, 3.8) is 0 Å². The number of hydrogen-bond acceptors (Lipinski definition) is 5. The highest BCUT2D eigenvalue weighted by Crippen LogP contribution is 2.41. The minimum Gasteiger partial charge on any atom is -0.483 e. The molecule has 144 valence electrons. The topological polar surface area (TPSA) is 82.5 Å². The second-order valence-corrected chi connectivity index (χ2v) is 8.66. The van der Waals surface area contributed by atoms with E-state index in [1.165, 1.54) is 42.8 Å². The Bertz CT molecular complexity index is 834. The fraction of sp³-hybridized carbons (Fsp3) is 0.550. The Hall–Kier alpha value is -1.99. The molecule has 0 spiro atoms. The van der Waals surface area contributed by atoms with Crippen molar-refractivity contribution in [2.24, 2.45) is 0 Å². The highest BCUT2D eigenvalue weighted by molar-refractivity contribution is 7.13. The van der Waals surface area contributed by atoms with Gasteiger partial charge in [-0.1, -0.05) is 12.1 Å². The van der Waals surface area contributed by atoms with Crippen LogP contribution >= 0.6 is 11.5 Å². The Morgan fingerprint density at radius 2 is 1.93 bits per heavy atom. The molecule has 0 radical (unpaired) electrons. The number of rotatable bonds is 3. The first-order chi connectivity index (χ1) is 13.1. The average Bonchev–Trinajstić information content (AvgIpc) is 3.38. The quantitative estimate of drug-likeness (QED) is 0.790. The molecule has 2 aliphatic heterocycles. The highest BCUT2D eigenvalue weighted by Gasteiger charge is 2.39. The van der Waals surface area contributed by atoms with Crippen molar-refractivity contribution < 1.29 is 14.7 Å². The monoisotopic (exact) mass is 387 g/mol. The van der Waals surface area contributed by atoms with Gasteiger partial charge >= 0.3 is 0 Å². The van der Waals surface area contributed by atoms with Gasteiger partial charge < -0.3 is 15.3 Å². The van der Waals surface area contributed by atoms with Gasteiger partial charge in [0.05, 0.1) is 4.70 Å². The molecule has 6 nitrogen and oxygen atoms in total. The van der Waals surface area contributed by atoms with E-state index in [0.29, 0.717) is 23.8 Å². The van der Waals surface area contributed by atoms with Gasteiger partial charge in [-0.25, -0.2) is 0 Å². The summed E-state index contributed by atoms with van der Waals surface area (Å²) in [5.41, 5.74) is 2.02. The van der Waals surface area contributed by atoms with E-state index in [0.717, 1.165) is 28.8 Å². The molecule has 3 heterocycles. The zero-order valence-electron chi connectivity index (χ0n) is 15.4. The number of benzene rings is 1. The lowest BCUT2D eigenvalue weighted by Crippen LogP contribution is -2.48. The van der Waals surface area contributed by atoms with Crippen LogP contribution in [-0.2, 0) is 4.79 Å². The van der Waals surface area contributed by atoms with Gasteiger partial charge in [0.25, 0.3) is 12.4 Å². The minimum absolute atomic E-state index is 0.00868. The fourth-order valence-corrected chi connectivity index (χ4v) is 5.39. The number of carboxylic acid groups (broad SMARTS) is 1. The Kier molecular flexibility index (Phi) is 5.14. The van der Waals surface area contributed by atoms with E-state index < -0.39 is 0 Å². The van der Waals surface area contributed by atoms with Crippen molar-refractivity contribution >= 4 is 34.0 Å². The van der Waals surface area contributed by atoms with Gasteiger partial charge in [-0.2, -0.15) is 4.37 Å². The Morgan fingerprint density at radius 1 is 1.26 bits per heavy atom. The summed E-state index contributed by atoms with van der Waals surface area (Å²) in [6, 6.07) is 8.09. The first-order valence-corrected chi connectivity index (χ1v) is 10.4. The second-order valence-electron chi connectivity index (χ2n) is 7.86. The minimum atomic E-state index is -0.250. The van der Waals surface area contributed by atoms with E-state index in [1.54, 1.807) is 0 Å². The van der Waals surface area contributed by atoms with Gasteiger partial charge in [0.2, 0.25) is 0 Å². The van der Waals surface area contributed by atoms with Crippen molar-refractivity contribution in [2.45, 2.75) is 62.6 Å². The predicted molar refractivity (Wildman–Crippen MR) is 105 cm³/mol. The van der Waals surface area contributed by atoms with Gasteiger partial charge in [-0.3, -0.25) is 9.59 Å². The number of fused-ring (bicyclic) bond motifs is 3. The fourth-order valence-electron chi connectivity index (χ4n) is 4.57. The summed E-state index contributed by atoms with van der Waals surface area (Å²) < 4.78 is 5.62. The van der Waals surface area contributed by atoms with Crippen LogP contribution in [0.1, 0.15) is 60.5 Å². The maximum Gasteiger partial charge on any atom is 0.290 e. The van der Waals surface area contributed by atoms with E-state index in [2.05, 4.69) is 39.8 Å². The normalized spacial score (nSPS) is 27.1. The molecule has 5 rings (SSSR count). The van der Waals surface area contributed by atoms with Crippen LogP contribution in [0.2, 0.25) is 0 Å². The van der Waals surface area contributed by atoms with Crippen LogP contribution in [-0.4, -0.2) is 51.9 Å². The number of piperidine rings is 1. The Labute approximate surface area is 162 Å². The third-order valence-corrected chi connectivity index (χ3v) is 7.00. The van der Waals surface area contributed by atoms with E-state index in [9.17, 15) is 4.79 Å². The van der Waals surface area contributed by atoms with E-state index in [1.807, 2.05) is 0 Å². The summed E-state index contributed by atoms with van der Waals surface area (Å²) in [7, 11) is 2.23. The maximum atomic E-state index is 12.8. The molecule has 2 aromatic rings. The zero-order valence-corrected chi connectivity index (χ0v) is 16.2. The first kappa shape index (κ1) is 18.4. The van der Waals surface area contributed by atoms with E-state index >= 15 is 0 Å². The molecule has 1 saturated carbocycles. The molecule has 2 saturated heterocycles. The molecule has 2 N–H and O–H groups in total.